The Hall–Kier alpha value is -1.69. The van der Waals surface area contributed by atoms with Gasteiger partial charge in [-0.3, -0.25) is 9.59 Å². The second-order valence-electron chi connectivity index (χ2n) is 6.96. The lowest BCUT2D eigenvalue weighted by atomic mass is 9.78. The molecule has 3 rings (SSSR count). The number of carbonyl (C=O) groups is 2. The number of benzene rings is 1. The molecule has 1 unspecified atom stereocenters. The Bertz CT molecular complexity index is 651. The molecule has 2 saturated heterocycles. The van der Waals surface area contributed by atoms with Gasteiger partial charge in [0.05, 0.1) is 18.3 Å². The van der Waals surface area contributed by atoms with Gasteiger partial charge in [-0.1, -0.05) is 12.1 Å². The van der Waals surface area contributed by atoms with Gasteiger partial charge in [-0.2, -0.15) is 11.8 Å². The highest BCUT2D eigenvalue weighted by Crippen LogP contribution is 2.40. The van der Waals surface area contributed by atoms with E-state index in [1.54, 1.807) is 7.11 Å². The van der Waals surface area contributed by atoms with Crippen molar-refractivity contribution in [3.8, 4) is 5.75 Å². The molecule has 1 aromatic carbocycles. The zero-order chi connectivity index (χ0) is 17.9. The summed E-state index contributed by atoms with van der Waals surface area (Å²) in [6.07, 6.45) is 4.62. The van der Waals surface area contributed by atoms with Crippen LogP contribution in [0.2, 0.25) is 0 Å². The van der Waals surface area contributed by atoms with Crippen LogP contribution in [-0.4, -0.2) is 60.4 Å². The number of hydrogen-bond acceptors (Lipinski definition) is 4. The zero-order valence-corrected chi connectivity index (χ0v) is 15.8. The maximum Gasteiger partial charge on any atom is 0.232 e. The van der Waals surface area contributed by atoms with Gasteiger partial charge in [-0.25, -0.2) is 0 Å². The summed E-state index contributed by atoms with van der Waals surface area (Å²) in [7, 11) is 1.65. The third-order valence-corrected chi connectivity index (χ3v) is 5.84. The van der Waals surface area contributed by atoms with Crippen LogP contribution in [0.5, 0.6) is 5.75 Å². The standard InChI is InChI=1S/C19H26N2O3S/c1-24-16-6-3-5-15(11-16)12-20-9-4-7-19(18(20)23)8-10-21(14-19)17(22)13-25-2/h3,5-6,11H,4,7-10,12-14H2,1-2H3. The van der Waals surface area contributed by atoms with E-state index in [0.717, 1.165) is 37.1 Å². The smallest absolute Gasteiger partial charge is 0.232 e. The minimum atomic E-state index is -0.370. The third kappa shape index (κ3) is 3.78. The molecular formula is C19H26N2O3S. The minimum Gasteiger partial charge on any atom is -0.497 e. The summed E-state index contributed by atoms with van der Waals surface area (Å²) >= 11 is 1.54. The van der Waals surface area contributed by atoms with E-state index in [1.165, 1.54) is 11.8 Å². The molecule has 136 valence electrons. The summed E-state index contributed by atoms with van der Waals surface area (Å²) in [6, 6.07) is 7.88. The first kappa shape index (κ1) is 18.1. The molecule has 2 aliphatic heterocycles. The Morgan fingerprint density at radius 2 is 2.16 bits per heavy atom. The van der Waals surface area contributed by atoms with Gasteiger partial charge in [0.1, 0.15) is 5.75 Å². The molecule has 25 heavy (non-hydrogen) atoms. The van der Waals surface area contributed by atoms with Crippen molar-refractivity contribution in [3.63, 3.8) is 0 Å². The van der Waals surface area contributed by atoms with Crippen LogP contribution in [0.25, 0.3) is 0 Å². The molecule has 6 heteroatoms. The number of rotatable bonds is 5. The van der Waals surface area contributed by atoms with Gasteiger partial charge < -0.3 is 14.5 Å². The van der Waals surface area contributed by atoms with Crippen LogP contribution in [0.15, 0.2) is 24.3 Å². The van der Waals surface area contributed by atoms with Crippen LogP contribution < -0.4 is 4.74 Å². The van der Waals surface area contributed by atoms with Crippen molar-refractivity contribution in [2.75, 3.05) is 38.8 Å². The Morgan fingerprint density at radius 3 is 2.92 bits per heavy atom. The number of amides is 2. The van der Waals surface area contributed by atoms with Gasteiger partial charge >= 0.3 is 0 Å². The molecule has 1 spiro atoms. The number of thioether (sulfide) groups is 1. The lowest BCUT2D eigenvalue weighted by molar-refractivity contribution is -0.146. The monoisotopic (exact) mass is 362 g/mol. The highest BCUT2D eigenvalue weighted by atomic mass is 32.2. The lowest BCUT2D eigenvalue weighted by Gasteiger charge is -2.39. The molecule has 0 saturated carbocycles. The number of nitrogens with zero attached hydrogens (tertiary/aromatic N) is 2. The molecule has 0 N–H and O–H groups in total. The van der Waals surface area contributed by atoms with Crippen molar-refractivity contribution in [2.24, 2.45) is 5.41 Å². The largest absolute Gasteiger partial charge is 0.497 e. The molecule has 0 radical (unpaired) electrons. The molecule has 2 heterocycles. The average Bonchev–Trinajstić information content (AvgIpc) is 3.05. The second kappa shape index (κ2) is 7.68. The van der Waals surface area contributed by atoms with Crippen molar-refractivity contribution < 1.29 is 14.3 Å². The summed E-state index contributed by atoms with van der Waals surface area (Å²) in [4.78, 5) is 29.2. The summed E-state index contributed by atoms with van der Waals surface area (Å²) in [5.74, 6) is 1.67. The van der Waals surface area contributed by atoms with Crippen LogP contribution >= 0.6 is 11.8 Å². The molecule has 5 nitrogen and oxygen atoms in total. The maximum atomic E-state index is 13.2. The van der Waals surface area contributed by atoms with Crippen LogP contribution in [0.4, 0.5) is 0 Å². The van der Waals surface area contributed by atoms with Crippen LogP contribution in [-0.2, 0) is 16.1 Å². The van der Waals surface area contributed by atoms with Crippen molar-refractivity contribution in [1.82, 2.24) is 9.80 Å². The van der Waals surface area contributed by atoms with Gasteiger partial charge in [0.15, 0.2) is 0 Å². The first-order valence-electron chi connectivity index (χ1n) is 8.77. The van der Waals surface area contributed by atoms with Crippen LogP contribution in [0.3, 0.4) is 0 Å². The zero-order valence-electron chi connectivity index (χ0n) is 15.0. The van der Waals surface area contributed by atoms with Gasteiger partial charge in [0.25, 0.3) is 0 Å². The molecule has 0 aliphatic carbocycles. The van der Waals surface area contributed by atoms with E-state index >= 15 is 0 Å². The van der Waals surface area contributed by atoms with Gasteiger partial charge in [0, 0.05) is 26.2 Å². The highest BCUT2D eigenvalue weighted by Gasteiger charge is 2.49. The van der Waals surface area contributed by atoms with Gasteiger partial charge in [-0.15, -0.1) is 0 Å². The lowest BCUT2D eigenvalue weighted by Crippen LogP contribution is -2.50. The molecule has 1 atom stereocenters. The second-order valence-corrected chi connectivity index (χ2v) is 7.83. The van der Waals surface area contributed by atoms with E-state index in [9.17, 15) is 9.59 Å². The Balaban J connectivity index is 1.70. The van der Waals surface area contributed by atoms with Gasteiger partial charge in [-0.05, 0) is 43.2 Å². The maximum absolute atomic E-state index is 13.2. The summed E-state index contributed by atoms with van der Waals surface area (Å²) in [5, 5.41) is 0. The predicted octanol–water partition coefficient (Wildman–Crippen LogP) is 2.40. The fourth-order valence-corrected chi connectivity index (χ4v) is 4.40. The van der Waals surface area contributed by atoms with Gasteiger partial charge in [0.2, 0.25) is 11.8 Å². The normalized spacial score (nSPS) is 23.4. The fraction of sp³-hybridized carbons (Fsp3) is 0.579. The van der Waals surface area contributed by atoms with E-state index in [-0.39, 0.29) is 17.2 Å². The Labute approximate surface area is 153 Å². The molecular weight excluding hydrogens is 336 g/mol. The van der Waals surface area contributed by atoms with Crippen LogP contribution in [0.1, 0.15) is 24.8 Å². The number of methoxy groups -OCH3 is 1. The Kier molecular flexibility index (Phi) is 5.57. The minimum absolute atomic E-state index is 0.155. The van der Waals surface area contributed by atoms with Crippen LogP contribution in [0, 0.1) is 5.41 Å². The number of hydrogen-bond donors (Lipinski definition) is 0. The summed E-state index contributed by atoms with van der Waals surface area (Å²) < 4.78 is 5.28. The molecule has 0 bridgehead atoms. The van der Waals surface area contributed by atoms with E-state index in [0.29, 0.717) is 25.4 Å². The topological polar surface area (TPSA) is 49.9 Å². The quantitative estimate of drug-likeness (QED) is 0.807. The number of carbonyl (C=O) groups excluding carboxylic acids is 2. The van der Waals surface area contributed by atoms with E-state index < -0.39 is 0 Å². The summed E-state index contributed by atoms with van der Waals surface area (Å²) in [5.41, 5.74) is 0.712. The third-order valence-electron chi connectivity index (χ3n) is 5.31. The van der Waals surface area contributed by atoms with Crippen molar-refractivity contribution >= 4 is 23.6 Å². The van der Waals surface area contributed by atoms with Crippen molar-refractivity contribution in [2.45, 2.75) is 25.8 Å². The van der Waals surface area contributed by atoms with E-state index in [1.807, 2.05) is 40.3 Å². The molecule has 2 fully saturated rings. The molecule has 1 aromatic rings. The number of piperidine rings is 1. The number of ether oxygens (including phenoxy) is 1. The molecule has 2 aliphatic rings. The first-order valence-corrected chi connectivity index (χ1v) is 10.2. The van der Waals surface area contributed by atoms with E-state index in [2.05, 4.69) is 0 Å². The van der Waals surface area contributed by atoms with Crippen molar-refractivity contribution in [1.29, 1.82) is 0 Å². The molecule has 0 aromatic heterocycles. The average molecular weight is 362 g/mol. The number of likely N-dealkylation sites (tertiary alicyclic amines) is 2. The fourth-order valence-electron chi connectivity index (χ4n) is 3.97. The van der Waals surface area contributed by atoms with Crippen molar-refractivity contribution in [3.05, 3.63) is 29.8 Å². The predicted molar refractivity (Wildman–Crippen MR) is 99.7 cm³/mol. The van der Waals surface area contributed by atoms with E-state index in [4.69, 9.17) is 4.74 Å². The Morgan fingerprint density at radius 1 is 1.32 bits per heavy atom. The first-order chi connectivity index (χ1) is 12.1. The SMILES string of the molecule is COc1cccc(CN2CCCC3(CCN(C(=O)CSC)C3)C2=O)c1. The highest BCUT2D eigenvalue weighted by molar-refractivity contribution is 7.99. The molecule has 2 amide bonds. The summed E-state index contributed by atoms with van der Waals surface area (Å²) in [6.45, 7) is 2.69.